The average molecular weight is 228 g/mol. The van der Waals surface area contributed by atoms with Crippen molar-refractivity contribution in [3.05, 3.63) is 53.6 Å². The third-order valence-electron chi connectivity index (χ3n) is 2.45. The number of aryl methyl sites for hydroxylation is 1. The lowest BCUT2D eigenvalue weighted by Gasteiger charge is -2.07. The molecule has 0 saturated heterocycles. The molecule has 0 fully saturated rings. The lowest BCUT2D eigenvalue weighted by atomic mass is 10.1. The third-order valence-corrected chi connectivity index (χ3v) is 2.45. The second-order valence-electron chi connectivity index (χ2n) is 3.90. The van der Waals surface area contributed by atoms with Crippen LogP contribution < -0.4 is 16.6 Å². The molecule has 88 valence electrons. The van der Waals surface area contributed by atoms with Crippen LogP contribution in [0.1, 0.15) is 11.1 Å². The molecule has 1 aromatic heterocycles. The lowest BCUT2D eigenvalue weighted by Crippen LogP contribution is -2.09. The van der Waals surface area contributed by atoms with Crippen LogP contribution in [0.2, 0.25) is 0 Å². The molecule has 0 aliphatic rings. The van der Waals surface area contributed by atoms with Crippen LogP contribution >= 0.6 is 0 Å². The first-order chi connectivity index (χ1) is 8.28. The van der Waals surface area contributed by atoms with Crippen molar-refractivity contribution in [2.45, 2.75) is 13.5 Å². The molecule has 0 amide bonds. The van der Waals surface area contributed by atoms with E-state index in [1.165, 1.54) is 11.1 Å². The van der Waals surface area contributed by atoms with Gasteiger partial charge in [-0.25, -0.2) is 10.8 Å². The van der Waals surface area contributed by atoms with Crippen molar-refractivity contribution in [1.29, 1.82) is 0 Å². The van der Waals surface area contributed by atoms with Crippen LogP contribution in [0.15, 0.2) is 42.5 Å². The Kier molecular flexibility index (Phi) is 3.57. The number of nitrogens with zero attached hydrogens (tertiary/aromatic N) is 1. The molecule has 17 heavy (non-hydrogen) atoms. The third kappa shape index (κ3) is 3.19. The highest BCUT2D eigenvalue weighted by molar-refractivity contribution is 5.44. The number of hydrazine groups is 1. The van der Waals surface area contributed by atoms with Crippen molar-refractivity contribution in [3.63, 3.8) is 0 Å². The molecule has 0 aliphatic heterocycles. The molecular weight excluding hydrogens is 212 g/mol. The van der Waals surface area contributed by atoms with E-state index in [4.69, 9.17) is 5.84 Å². The number of anilines is 2. The molecule has 4 heteroatoms. The van der Waals surface area contributed by atoms with Crippen molar-refractivity contribution in [3.8, 4) is 0 Å². The summed E-state index contributed by atoms with van der Waals surface area (Å²) in [5.74, 6) is 6.77. The monoisotopic (exact) mass is 228 g/mol. The maximum Gasteiger partial charge on any atom is 0.142 e. The van der Waals surface area contributed by atoms with Gasteiger partial charge in [0.15, 0.2) is 0 Å². The number of nitrogens with two attached hydrogens (primary N) is 1. The van der Waals surface area contributed by atoms with E-state index in [-0.39, 0.29) is 0 Å². The summed E-state index contributed by atoms with van der Waals surface area (Å²) in [6.07, 6.45) is 0. The van der Waals surface area contributed by atoms with Crippen LogP contribution in [-0.2, 0) is 6.54 Å². The molecular formula is C13H16N4. The van der Waals surface area contributed by atoms with Crippen LogP contribution in [-0.4, -0.2) is 4.98 Å². The fourth-order valence-electron chi connectivity index (χ4n) is 1.63. The Hall–Kier alpha value is -2.07. The Labute approximate surface area is 101 Å². The van der Waals surface area contributed by atoms with Crippen molar-refractivity contribution in [2.24, 2.45) is 5.84 Å². The second-order valence-corrected chi connectivity index (χ2v) is 3.90. The number of pyridine rings is 1. The Bertz CT molecular complexity index is 496. The smallest absolute Gasteiger partial charge is 0.142 e. The second kappa shape index (κ2) is 5.32. The van der Waals surface area contributed by atoms with Crippen LogP contribution in [0.3, 0.4) is 0 Å². The molecule has 2 rings (SSSR count). The van der Waals surface area contributed by atoms with Gasteiger partial charge in [-0.05, 0) is 24.6 Å². The van der Waals surface area contributed by atoms with Gasteiger partial charge < -0.3 is 10.7 Å². The van der Waals surface area contributed by atoms with Crippen LogP contribution in [0.5, 0.6) is 0 Å². The standard InChI is InChI=1S/C13H16N4/c1-10-4-2-5-11(8-10)9-15-12-6-3-7-13(16-12)17-14/h2-8H,9,14H2,1H3,(H2,15,16,17). The van der Waals surface area contributed by atoms with Gasteiger partial charge in [-0.2, -0.15) is 0 Å². The minimum Gasteiger partial charge on any atom is -0.366 e. The molecule has 0 spiro atoms. The minimum absolute atomic E-state index is 0.652. The fraction of sp³-hybridized carbons (Fsp3) is 0.154. The summed E-state index contributed by atoms with van der Waals surface area (Å²) in [5.41, 5.74) is 5.02. The van der Waals surface area contributed by atoms with Gasteiger partial charge in [0.2, 0.25) is 0 Å². The summed E-state index contributed by atoms with van der Waals surface area (Å²) >= 11 is 0. The highest BCUT2D eigenvalue weighted by Crippen LogP contribution is 2.10. The van der Waals surface area contributed by atoms with Gasteiger partial charge in [0.25, 0.3) is 0 Å². The van der Waals surface area contributed by atoms with E-state index in [2.05, 4.69) is 46.9 Å². The van der Waals surface area contributed by atoms with E-state index in [9.17, 15) is 0 Å². The predicted molar refractivity (Wildman–Crippen MR) is 70.6 cm³/mol. The van der Waals surface area contributed by atoms with Crippen LogP contribution in [0, 0.1) is 6.92 Å². The number of hydrogen-bond acceptors (Lipinski definition) is 4. The zero-order valence-corrected chi connectivity index (χ0v) is 9.77. The molecule has 4 nitrogen and oxygen atoms in total. The molecule has 0 saturated carbocycles. The quantitative estimate of drug-likeness (QED) is 0.555. The van der Waals surface area contributed by atoms with Crippen LogP contribution in [0.4, 0.5) is 11.6 Å². The molecule has 0 atom stereocenters. The molecule has 0 bridgehead atoms. The molecule has 1 heterocycles. The highest BCUT2D eigenvalue weighted by Gasteiger charge is 1.97. The van der Waals surface area contributed by atoms with Gasteiger partial charge in [-0.3, -0.25) is 0 Å². The normalized spacial score (nSPS) is 10.0. The van der Waals surface area contributed by atoms with E-state index in [0.29, 0.717) is 5.82 Å². The number of hydrogen-bond donors (Lipinski definition) is 3. The van der Waals surface area contributed by atoms with E-state index < -0.39 is 0 Å². The zero-order valence-electron chi connectivity index (χ0n) is 9.77. The maximum absolute atomic E-state index is 5.31. The number of rotatable bonds is 4. The van der Waals surface area contributed by atoms with E-state index in [0.717, 1.165) is 12.4 Å². The first-order valence-corrected chi connectivity index (χ1v) is 5.51. The topological polar surface area (TPSA) is 63.0 Å². The summed E-state index contributed by atoms with van der Waals surface area (Å²) < 4.78 is 0. The molecule has 0 aliphatic carbocycles. The van der Waals surface area contributed by atoms with Crippen molar-refractivity contribution < 1.29 is 0 Å². The number of benzene rings is 1. The van der Waals surface area contributed by atoms with Gasteiger partial charge in [0, 0.05) is 6.54 Å². The summed E-state index contributed by atoms with van der Waals surface area (Å²) in [4.78, 5) is 4.28. The summed E-state index contributed by atoms with van der Waals surface area (Å²) in [6.45, 7) is 2.84. The summed E-state index contributed by atoms with van der Waals surface area (Å²) in [5, 5.41) is 3.26. The molecule has 1 aromatic carbocycles. The number of nitrogens with one attached hydrogen (secondary N) is 2. The van der Waals surface area contributed by atoms with E-state index in [1.54, 1.807) is 0 Å². The maximum atomic E-state index is 5.31. The first-order valence-electron chi connectivity index (χ1n) is 5.51. The molecule has 2 aromatic rings. The summed E-state index contributed by atoms with van der Waals surface area (Å²) in [7, 11) is 0. The van der Waals surface area contributed by atoms with Gasteiger partial charge in [0.05, 0.1) is 0 Å². The average Bonchev–Trinajstić information content (AvgIpc) is 2.37. The molecule has 0 radical (unpaired) electrons. The SMILES string of the molecule is Cc1cccc(CNc2cccc(NN)n2)c1. The Balaban J connectivity index is 2.02. The largest absolute Gasteiger partial charge is 0.366 e. The van der Waals surface area contributed by atoms with Crippen LogP contribution in [0.25, 0.3) is 0 Å². The van der Waals surface area contributed by atoms with E-state index >= 15 is 0 Å². The number of aromatic nitrogens is 1. The predicted octanol–water partition coefficient (Wildman–Crippen LogP) is 2.29. The lowest BCUT2D eigenvalue weighted by molar-refractivity contribution is 1.10. The van der Waals surface area contributed by atoms with Crippen molar-refractivity contribution >= 4 is 11.6 Å². The fourth-order valence-corrected chi connectivity index (χ4v) is 1.63. The molecule has 4 N–H and O–H groups in total. The minimum atomic E-state index is 0.652. The Morgan fingerprint density at radius 3 is 2.65 bits per heavy atom. The van der Waals surface area contributed by atoms with Crippen molar-refractivity contribution in [2.75, 3.05) is 10.7 Å². The van der Waals surface area contributed by atoms with Gasteiger partial charge in [0.1, 0.15) is 11.6 Å². The summed E-state index contributed by atoms with van der Waals surface area (Å²) in [6, 6.07) is 14.0. The zero-order chi connectivity index (χ0) is 12.1. The number of nitrogen functional groups attached to an aromatic ring is 1. The van der Waals surface area contributed by atoms with E-state index in [1.807, 2.05) is 18.2 Å². The van der Waals surface area contributed by atoms with Gasteiger partial charge >= 0.3 is 0 Å². The highest BCUT2D eigenvalue weighted by atomic mass is 15.3. The molecule has 0 unspecified atom stereocenters. The Morgan fingerprint density at radius 1 is 1.12 bits per heavy atom. The Morgan fingerprint density at radius 2 is 1.88 bits per heavy atom. The van der Waals surface area contributed by atoms with Gasteiger partial charge in [-0.1, -0.05) is 35.9 Å². The first kappa shape index (κ1) is 11.4. The van der Waals surface area contributed by atoms with Gasteiger partial charge in [-0.15, -0.1) is 0 Å². The van der Waals surface area contributed by atoms with Crippen molar-refractivity contribution in [1.82, 2.24) is 4.98 Å².